The van der Waals surface area contributed by atoms with Gasteiger partial charge in [0.25, 0.3) is 0 Å². The Morgan fingerprint density at radius 1 is 0.795 bits per heavy atom. The van der Waals surface area contributed by atoms with Crippen LogP contribution in [0.1, 0.15) is 58.8 Å². The van der Waals surface area contributed by atoms with E-state index in [4.69, 9.17) is 37.9 Å². The van der Waals surface area contributed by atoms with E-state index < -0.39 is 34.6 Å². The highest BCUT2D eigenvalue weighted by Crippen LogP contribution is 2.74. The summed E-state index contributed by atoms with van der Waals surface area (Å²) in [6.07, 6.45) is 5.86. The number of ether oxygens (including phenoxy) is 8. The number of allylic oxidation sites excluding steroid dienone is 1. The number of Topliss-reactive ketones (excluding diaryl/α,β-unsaturated/α-hetero) is 1. The number of rotatable bonds is 2. The van der Waals surface area contributed by atoms with Crippen LogP contribution in [0.25, 0.3) is 0 Å². The van der Waals surface area contributed by atoms with Crippen molar-refractivity contribution in [2.45, 2.75) is 82.6 Å². The quantitative estimate of drug-likeness (QED) is 0.513. The van der Waals surface area contributed by atoms with Crippen molar-refractivity contribution in [3.8, 4) is 0 Å². The molecule has 0 N–H and O–H groups in total. The van der Waals surface area contributed by atoms with Crippen molar-refractivity contribution in [1.82, 2.24) is 0 Å². The zero-order chi connectivity index (χ0) is 26.7. The van der Waals surface area contributed by atoms with Crippen molar-refractivity contribution < 1.29 is 47.5 Å². The number of carbonyl (C=O) groups excluding carboxylic acids is 2. The van der Waals surface area contributed by atoms with Crippen molar-refractivity contribution in [3.63, 3.8) is 0 Å². The minimum atomic E-state index is -1.08. The summed E-state index contributed by atoms with van der Waals surface area (Å²) >= 11 is 0. The highest BCUT2D eigenvalue weighted by atomic mass is 16.9. The average molecular weight is 547 g/mol. The molecule has 0 amide bonds. The Morgan fingerprint density at radius 2 is 1.44 bits per heavy atom. The Balaban J connectivity index is 1.26. The van der Waals surface area contributed by atoms with Crippen LogP contribution in [0.15, 0.2) is 11.6 Å². The molecule has 4 aliphatic heterocycles. The second-order valence-electron chi connectivity index (χ2n) is 13.4. The summed E-state index contributed by atoms with van der Waals surface area (Å²) in [6.45, 7) is 5.38. The van der Waals surface area contributed by atoms with E-state index in [1.54, 1.807) is 0 Å². The van der Waals surface area contributed by atoms with Gasteiger partial charge in [0.15, 0.2) is 33.0 Å². The van der Waals surface area contributed by atoms with Gasteiger partial charge in [0.2, 0.25) is 11.6 Å². The van der Waals surface area contributed by atoms with E-state index in [0.29, 0.717) is 12.8 Å². The summed E-state index contributed by atoms with van der Waals surface area (Å²) < 4.78 is 49.0. The van der Waals surface area contributed by atoms with Crippen LogP contribution in [0.3, 0.4) is 0 Å². The minimum Gasteiger partial charge on any atom is -0.350 e. The summed E-state index contributed by atoms with van der Waals surface area (Å²) in [5.74, 6) is -1.30. The molecular formula is C29H38O10. The number of hydrogen-bond acceptors (Lipinski definition) is 10. The summed E-state index contributed by atoms with van der Waals surface area (Å²) in [5, 5.41) is 0. The molecule has 7 fully saturated rings. The molecule has 4 heterocycles. The standard InChI is InChI=1S/C29H38O10/c1-25-7-5-18(30)9-17(25)3-4-19-20-6-8-27(26(20,2)10-21(31)22(19)25,23-28(38-15-34-23)11-32-13-36-28)24-29(39-16-35-24)12-33-14-37-29/h9,19-20,22-24H,3-8,10-16H2,1-2H3/t19-,20-,22-,23?,24?,25-,26-,27?,28?,29?/m0/s1. The molecule has 39 heavy (non-hydrogen) atoms. The van der Waals surface area contributed by atoms with E-state index in [1.807, 2.05) is 6.08 Å². The number of hydrogen-bond donors (Lipinski definition) is 0. The first-order valence-electron chi connectivity index (χ1n) is 14.5. The van der Waals surface area contributed by atoms with Gasteiger partial charge in [-0.3, -0.25) is 9.59 Å². The van der Waals surface area contributed by atoms with Gasteiger partial charge in [-0.2, -0.15) is 0 Å². The predicted molar refractivity (Wildman–Crippen MR) is 130 cm³/mol. The summed E-state index contributed by atoms with van der Waals surface area (Å²) in [7, 11) is 0. The van der Waals surface area contributed by atoms with Gasteiger partial charge < -0.3 is 37.9 Å². The van der Waals surface area contributed by atoms with Crippen LogP contribution in [-0.4, -0.2) is 75.7 Å². The molecule has 9 atom stereocenters. The van der Waals surface area contributed by atoms with Gasteiger partial charge in [0, 0.05) is 24.2 Å². The lowest BCUT2D eigenvalue weighted by Crippen LogP contribution is -2.69. The lowest BCUT2D eigenvalue weighted by molar-refractivity contribution is -0.270. The molecule has 214 valence electrons. The second-order valence-corrected chi connectivity index (χ2v) is 13.4. The number of fused-ring (bicyclic) bond motifs is 5. The smallest absolute Gasteiger partial charge is 0.224 e. The Labute approximate surface area is 227 Å². The molecule has 3 saturated carbocycles. The third-order valence-electron chi connectivity index (χ3n) is 12.2. The topological polar surface area (TPSA) is 108 Å². The molecule has 4 unspecified atom stereocenters. The fourth-order valence-electron chi connectivity index (χ4n) is 10.6. The van der Waals surface area contributed by atoms with Crippen LogP contribution in [0, 0.1) is 34.0 Å². The van der Waals surface area contributed by atoms with Gasteiger partial charge in [-0.1, -0.05) is 19.4 Å². The van der Waals surface area contributed by atoms with Gasteiger partial charge in [0.1, 0.15) is 31.2 Å². The monoisotopic (exact) mass is 546 g/mol. The third-order valence-corrected chi connectivity index (χ3v) is 12.2. The first kappa shape index (κ1) is 25.5. The molecular weight excluding hydrogens is 508 g/mol. The third kappa shape index (κ3) is 3.10. The molecule has 0 aromatic heterocycles. The largest absolute Gasteiger partial charge is 0.350 e. The number of carbonyl (C=O) groups is 2. The van der Waals surface area contributed by atoms with E-state index in [-0.39, 0.29) is 75.1 Å². The zero-order valence-corrected chi connectivity index (χ0v) is 22.7. The fourth-order valence-corrected chi connectivity index (χ4v) is 10.6. The molecule has 10 nitrogen and oxygen atoms in total. The van der Waals surface area contributed by atoms with Crippen LogP contribution in [0.5, 0.6) is 0 Å². The van der Waals surface area contributed by atoms with Crippen molar-refractivity contribution >= 4 is 11.6 Å². The van der Waals surface area contributed by atoms with E-state index >= 15 is 0 Å². The average Bonchev–Trinajstić information content (AvgIpc) is 3.74. The first-order valence-corrected chi connectivity index (χ1v) is 14.5. The van der Waals surface area contributed by atoms with Crippen LogP contribution in [-0.2, 0) is 47.5 Å². The zero-order valence-electron chi connectivity index (χ0n) is 22.7. The molecule has 0 bridgehead atoms. The highest BCUT2D eigenvalue weighted by Gasteiger charge is 2.79. The highest BCUT2D eigenvalue weighted by molar-refractivity contribution is 5.93. The van der Waals surface area contributed by atoms with Gasteiger partial charge in [-0.05, 0) is 60.8 Å². The van der Waals surface area contributed by atoms with Crippen molar-refractivity contribution in [3.05, 3.63) is 11.6 Å². The Kier molecular flexibility index (Phi) is 5.49. The van der Waals surface area contributed by atoms with E-state index in [1.165, 1.54) is 5.57 Å². The van der Waals surface area contributed by atoms with E-state index in [9.17, 15) is 9.59 Å². The normalized spacial score (nSPS) is 54.8. The molecule has 10 heteroatoms. The molecule has 2 spiro atoms. The van der Waals surface area contributed by atoms with Gasteiger partial charge in [-0.15, -0.1) is 0 Å². The van der Waals surface area contributed by atoms with Crippen molar-refractivity contribution in [2.24, 2.45) is 34.0 Å². The molecule has 8 aliphatic rings. The van der Waals surface area contributed by atoms with Crippen LogP contribution in [0.2, 0.25) is 0 Å². The molecule has 0 aromatic carbocycles. The fraction of sp³-hybridized carbons (Fsp3) is 0.862. The van der Waals surface area contributed by atoms with Crippen molar-refractivity contribution in [1.29, 1.82) is 0 Å². The lowest BCUT2D eigenvalue weighted by Gasteiger charge is -2.61. The van der Waals surface area contributed by atoms with E-state index in [2.05, 4.69) is 13.8 Å². The summed E-state index contributed by atoms with van der Waals surface area (Å²) in [5.41, 5.74) is -0.297. The molecule has 8 rings (SSSR count). The number of ketones is 2. The predicted octanol–water partition coefficient (Wildman–Crippen LogP) is 2.83. The van der Waals surface area contributed by atoms with Crippen LogP contribution in [0.4, 0.5) is 0 Å². The maximum Gasteiger partial charge on any atom is 0.224 e. The first-order chi connectivity index (χ1) is 18.8. The molecule has 4 saturated heterocycles. The Bertz CT molecular complexity index is 1060. The molecule has 4 aliphatic carbocycles. The SMILES string of the molecule is C[C@]12CCC(=O)C=C1CC[C@@H]1[C@H]2C(=O)C[C@@]2(C)[C@H]1CCC2(C1OCOC12COCO2)C1OCOC12COCO2. The van der Waals surface area contributed by atoms with Crippen LogP contribution < -0.4 is 0 Å². The van der Waals surface area contributed by atoms with E-state index in [0.717, 1.165) is 32.1 Å². The summed E-state index contributed by atoms with van der Waals surface area (Å²) in [6, 6.07) is 0. The van der Waals surface area contributed by atoms with Crippen LogP contribution >= 0.6 is 0 Å². The Hall–Kier alpha value is -1.24. The molecule has 0 radical (unpaired) electrons. The second kappa shape index (κ2) is 8.41. The van der Waals surface area contributed by atoms with Gasteiger partial charge in [0.05, 0.1) is 0 Å². The minimum absolute atomic E-state index is 0.0781. The lowest BCUT2D eigenvalue weighted by atomic mass is 9.43. The molecule has 0 aromatic rings. The maximum atomic E-state index is 14.5. The van der Waals surface area contributed by atoms with Gasteiger partial charge in [-0.25, -0.2) is 0 Å². The van der Waals surface area contributed by atoms with Crippen molar-refractivity contribution in [2.75, 3.05) is 40.4 Å². The Morgan fingerprint density at radius 3 is 2.05 bits per heavy atom. The summed E-state index contributed by atoms with van der Waals surface area (Å²) in [4.78, 5) is 26.8. The maximum absolute atomic E-state index is 14.5. The van der Waals surface area contributed by atoms with Gasteiger partial charge >= 0.3 is 0 Å².